The van der Waals surface area contributed by atoms with E-state index in [1.165, 1.54) is 65.5 Å². The number of hydrogen-bond acceptors (Lipinski definition) is 0. The van der Waals surface area contributed by atoms with Gasteiger partial charge in [0.25, 0.3) is 0 Å². The first kappa shape index (κ1) is 34.1. The maximum absolute atomic E-state index is 3.67. The Morgan fingerprint density at radius 2 is 1.34 bits per heavy atom. The van der Waals surface area contributed by atoms with E-state index in [0.29, 0.717) is 0 Å². The third-order valence-corrected chi connectivity index (χ3v) is 6.34. The van der Waals surface area contributed by atoms with E-state index >= 15 is 0 Å². The quantitative estimate of drug-likeness (QED) is 0.236. The van der Waals surface area contributed by atoms with E-state index < -0.39 is 0 Å². The first-order valence-electron chi connectivity index (χ1n) is 12.3. The zero-order valence-corrected chi connectivity index (χ0v) is 25.4. The summed E-state index contributed by atoms with van der Waals surface area (Å²) < 4.78 is 0. The van der Waals surface area contributed by atoms with Gasteiger partial charge in [-0.05, 0) is 28.4 Å². The average Bonchev–Trinajstić information content (AvgIpc) is 3.45. The van der Waals surface area contributed by atoms with E-state index in [0.717, 1.165) is 6.42 Å². The second-order valence-electron chi connectivity index (χ2n) is 11.2. The molecule has 1 fully saturated rings. The molecule has 0 N–H and O–H groups in total. The number of rotatable bonds is 0. The molecule has 0 aliphatic heterocycles. The fraction of sp³-hybridized carbons (Fsp3) is 0.438. The summed E-state index contributed by atoms with van der Waals surface area (Å²) in [5.41, 5.74) is 8.70. The van der Waals surface area contributed by atoms with Crippen molar-refractivity contribution in [3.8, 4) is 11.1 Å². The summed E-state index contributed by atoms with van der Waals surface area (Å²) in [6, 6.07) is 25.2. The van der Waals surface area contributed by atoms with E-state index in [2.05, 4.69) is 84.4 Å². The number of benzene rings is 2. The topological polar surface area (TPSA) is 0 Å². The largest absolute Gasteiger partial charge is 2.00 e. The van der Waals surface area contributed by atoms with Crippen LogP contribution in [0.1, 0.15) is 95.9 Å². The summed E-state index contributed by atoms with van der Waals surface area (Å²) >= 11 is 0. The van der Waals surface area contributed by atoms with Crippen LogP contribution in [-0.2, 0) is 39.0 Å². The minimum absolute atomic E-state index is 0. The third kappa shape index (κ3) is 10.2. The van der Waals surface area contributed by atoms with Crippen LogP contribution in [0, 0.1) is 12.5 Å². The van der Waals surface area contributed by atoms with Gasteiger partial charge in [-0.15, -0.1) is 11.1 Å². The molecule has 0 radical (unpaired) electrons. The summed E-state index contributed by atoms with van der Waals surface area (Å²) in [4.78, 5) is 0. The zero-order chi connectivity index (χ0) is 23.2. The van der Waals surface area contributed by atoms with Crippen molar-refractivity contribution in [1.29, 1.82) is 0 Å². The Morgan fingerprint density at radius 3 is 1.77 bits per heavy atom. The van der Waals surface area contributed by atoms with Crippen molar-refractivity contribution in [2.45, 2.75) is 90.9 Å². The van der Waals surface area contributed by atoms with Crippen molar-refractivity contribution in [3.05, 3.63) is 95.4 Å². The van der Waals surface area contributed by atoms with Gasteiger partial charge in [-0.3, -0.25) is 0 Å². The van der Waals surface area contributed by atoms with E-state index in [1.807, 2.05) is 30.3 Å². The minimum Gasteiger partial charge on any atom is -1.00 e. The first-order chi connectivity index (χ1) is 15.2. The molecule has 0 unspecified atom stereocenters. The normalized spacial score (nSPS) is 13.7. The molecule has 35 heavy (non-hydrogen) atoms. The Morgan fingerprint density at radius 1 is 0.743 bits per heavy atom. The Bertz CT molecular complexity index is 882. The molecule has 2 aliphatic rings. The fourth-order valence-electron chi connectivity index (χ4n) is 4.25. The van der Waals surface area contributed by atoms with Crippen molar-refractivity contribution < 1.29 is 46.5 Å². The molecule has 0 saturated heterocycles. The summed E-state index contributed by atoms with van der Waals surface area (Å²) in [7, 11) is 0. The van der Waals surface area contributed by atoms with E-state index in [1.54, 1.807) is 0 Å². The Balaban J connectivity index is 0.000000686. The molecule has 5 rings (SSSR count). The van der Waals surface area contributed by atoms with Crippen molar-refractivity contribution in [1.82, 2.24) is 0 Å². The van der Waals surface area contributed by atoms with E-state index in [4.69, 9.17) is 0 Å². The van der Waals surface area contributed by atoms with Crippen LogP contribution >= 0.6 is 0 Å². The standard InChI is InChI=1S/C21H25.C6H11.C5H5.2ClH.Ti/c1-20(2,3)16-7-9-18-14(12-16)11-15-13-17(21(4,5)6)8-10-19(15)18;1-2-4-6-5-3-1;1-2-4-5-3-1;;;/h7-10,12H,11H2,1-6H3;1H,2-6H2;1-5H;2*1H;/q3*-1;;;+2/p-2. The molecule has 0 spiro atoms. The Hall–Kier alpha value is -0.916. The second-order valence-corrected chi connectivity index (χ2v) is 11.2. The molecule has 190 valence electrons. The summed E-state index contributed by atoms with van der Waals surface area (Å²) in [5.74, 6) is 0. The van der Waals surface area contributed by atoms with Crippen molar-refractivity contribution >= 4 is 0 Å². The second kappa shape index (κ2) is 15.4. The molecule has 0 nitrogen and oxygen atoms in total. The molecule has 1 saturated carbocycles. The molecular weight excluding hydrogens is 503 g/mol. The van der Waals surface area contributed by atoms with Gasteiger partial charge in [-0.1, -0.05) is 84.6 Å². The monoisotopic (exact) mass is 543 g/mol. The van der Waals surface area contributed by atoms with Gasteiger partial charge in [-0.25, -0.2) is 12.1 Å². The van der Waals surface area contributed by atoms with Crippen LogP contribution in [0.5, 0.6) is 0 Å². The Labute approximate surface area is 242 Å². The summed E-state index contributed by atoms with van der Waals surface area (Å²) in [6.45, 7) is 13.6. The van der Waals surface area contributed by atoms with Crippen LogP contribution in [0.4, 0.5) is 0 Å². The first-order valence-corrected chi connectivity index (χ1v) is 12.3. The van der Waals surface area contributed by atoms with Gasteiger partial charge < -0.3 is 31.2 Å². The summed E-state index contributed by atoms with van der Waals surface area (Å²) in [6.07, 6.45) is 10.5. The van der Waals surface area contributed by atoms with E-state index in [-0.39, 0.29) is 57.4 Å². The molecule has 0 atom stereocenters. The minimum atomic E-state index is 0. The van der Waals surface area contributed by atoms with Crippen LogP contribution in [-0.4, -0.2) is 0 Å². The molecule has 0 amide bonds. The van der Waals surface area contributed by atoms with Crippen LogP contribution < -0.4 is 24.8 Å². The van der Waals surface area contributed by atoms with Gasteiger partial charge in [0.15, 0.2) is 0 Å². The van der Waals surface area contributed by atoms with Crippen LogP contribution in [0.25, 0.3) is 11.1 Å². The molecule has 2 aliphatic carbocycles. The number of fused-ring (bicyclic) bond motifs is 3. The molecule has 3 aromatic rings. The molecule has 0 heterocycles. The van der Waals surface area contributed by atoms with Crippen LogP contribution in [0.15, 0.2) is 60.7 Å². The van der Waals surface area contributed by atoms with Gasteiger partial charge in [0.05, 0.1) is 0 Å². The smallest absolute Gasteiger partial charge is 1.00 e. The van der Waals surface area contributed by atoms with Gasteiger partial charge in [0.2, 0.25) is 0 Å². The van der Waals surface area contributed by atoms with Crippen molar-refractivity contribution in [2.24, 2.45) is 0 Å². The van der Waals surface area contributed by atoms with Crippen molar-refractivity contribution in [2.75, 3.05) is 0 Å². The van der Waals surface area contributed by atoms with Crippen LogP contribution in [0.2, 0.25) is 0 Å². The number of hydrogen-bond donors (Lipinski definition) is 0. The fourth-order valence-corrected chi connectivity index (χ4v) is 4.25. The molecule has 0 aromatic heterocycles. The number of halogens is 2. The van der Waals surface area contributed by atoms with Gasteiger partial charge in [0.1, 0.15) is 0 Å². The third-order valence-electron chi connectivity index (χ3n) is 6.34. The molecule has 3 aromatic carbocycles. The molecule has 0 bridgehead atoms. The maximum Gasteiger partial charge on any atom is 2.00 e. The molecule has 3 heteroatoms. The van der Waals surface area contributed by atoms with Crippen molar-refractivity contribution in [3.63, 3.8) is 0 Å². The van der Waals surface area contributed by atoms with Gasteiger partial charge >= 0.3 is 21.7 Å². The molecular formula is C32H41Cl2Ti-3. The van der Waals surface area contributed by atoms with E-state index in [9.17, 15) is 0 Å². The zero-order valence-electron chi connectivity index (χ0n) is 22.3. The average molecular weight is 544 g/mol. The predicted octanol–water partition coefficient (Wildman–Crippen LogP) is 3.22. The van der Waals surface area contributed by atoms with Crippen LogP contribution in [0.3, 0.4) is 0 Å². The summed E-state index contributed by atoms with van der Waals surface area (Å²) in [5, 5.41) is 0. The predicted molar refractivity (Wildman–Crippen MR) is 140 cm³/mol. The Kier molecular flexibility index (Phi) is 15.0. The van der Waals surface area contributed by atoms with Gasteiger partial charge in [0, 0.05) is 0 Å². The maximum atomic E-state index is 3.67. The SMILES string of the molecule is CC(C)(C)c1[c-]c2c(cc1)-c1ccc(C(C)(C)C)cc1C2.[CH-]1CCCCC1.[Cl-].[Cl-].[Ti+2].c1cc[cH-]c1. The van der Waals surface area contributed by atoms with Gasteiger partial charge in [-0.2, -0.15) is 54.8 Å².